The highest BCUT2D eigenvalue weighted by Gasteiger charge is 2.10. The van der Waals surface area contributed by atoms with Crippen LogP contribution in [0.5, 0.6) is 0 Å². The van der Waals surface area contributed by atoms with Crippen LogP contribution in [0.3, 0.4) is 0 Å². The molecule has 0 spiro atoms. The second-order valence-electron chi connectivity index (χ2n) is 3.39. The summed E-state index contributed by atoms with van der Waals surface area (Å²) in [6.45, 7) is 2.66. The summed E-state index contributed by atoms with van der Waals surface area (Å²) in [7, 11) is -3.75. The number of sulfonamides is 1. The second kappa shape index (κ2) is 4.22. The van der Waals surface area contributed by atoms with Gasteiger partial charge in [0.1, 0.15) is 5.69 Å². The lowest BCUT2D eigenvalue weighted by atomic mass is 10.2. The highest BCUT2D eigenvalue weighted by molar-refractivity contribution is 7.89. The summed E-state index contributed by atoms with van der Waals surface area (Å²) in [4.78, 5) is 3.77. The van der Waals surface area contributed by atoms with Gasteiger partial charge in [-0.1, -0.05) is 5.21 Å². The van der Waals surface area contributed by atoms with E-state index in [0.29, 0.717) is 11.3 Å². The van der Waals surface area contributed by atoms with Gasteiger partial charge < -0.3 is 0 Å². The summed E-state index contributed by atoms with van der Waals surface area (Å²) in [5, 5.41) is 12.6. The first kappa shape index (κ1) is 11.7. The van der Waals surface area contributed by atoms with Crippen LogP contribution >= 0.6 is 0 Å². The fourth-order valence-corrected chi connectivity index (χ4v) is 1.74. The van der Waals surface area contributed by atoms with Crippen molar-refractivity contribution in [1.82, 2.24) is 20.0 Å². The van der Waals surface area contributed by atoms with Crippen molar-refractivity contribution in [2.24, 2.45) is 5.14 Å². The minimum Gasteiger partial charge on any atom is -0.252 e. The third-order valence-corrected chi connectivity index (χ3v) is 3.01. The number of aromatic nitrogens is 4. The smallest absolute Gasteiger partial charge is 0.252 e. The Morgan fingerprint density at radius 3 is 2.65 bits per heavy atom. The molecule has 0 aromatic carbocycles. The van der Waals surface area contributed by atoms with Crippen molar-refractivity contribution in [3.63, 3.8) is 0 Å². The molecule has 2 heterocycles. The molecule has 0 aliphatic heterocycles. The molecule has 0 fully saturated rings. The zero-order chi connectivity index (χ0) is 12.5. The van der Waals surface area contributed by atoms with Crippen LogP contribution in [0, 0.1) is 0 Å². The van der Waals surface area contributed by atoms with Gasteiger partial charge in [0.25, 0.3) is 10.0 Å². The second-order valence-corrected chi connectivity index (χ2v) is 4.90. The van der Waals surface area contributed by atoms with Gasteiger partial charge in [-0.2, -0.15) is 0 Å². The maximum Gasteiger partial charge on any atom is 0.255 e. The fraction of sp³-hybridized carbons (Fsp3) is 0.222. The average molecular weight is 253 g/mol. The molecule has 0 amide bonds. The number of primary sulfonamides is 1. The first-order valence-electron chi connectivity index (χ1n) is 4.90. The van der Waals surface area contributed by atoms with E-state index in [0.717, 1.165) is 6.54 Å². The average Bonchev–Trinajstić information content (AvgIpc) is 2.76. The Morgan fingerprint density at radius 2 is 2.18 bits per heavy atom. The molecule has 2 aromatic heterocycles. The van der Waals surface area contributed by atoms with E-state index in [2.05, 4.69) is 15.3 Å². The van der Waals surface area contributed by atoms with Crippen LogP contribution in [0.1, 0.15) is 6.92 Å². The molecule has 8 heteroatoms. The molecule has 0 radical (unpaired) electrons. The number of nitrogens with zero attached hydrogens (tertiary/aromatic N) is 4. The van der Waals surface area contributed by atoms with Gasteiger partial charge in [-0.3, -0.25) is 4.68 Å². The molecule has 2 N–H and O–H groups in total. The number of aryl methyl sites for hydroxylation is 1. The molecule has 0 atom stereocenters. The van der Waals surface area contributed by atoms with E-state index in [4.69, 9.17) is 5.14 Å². The van der Waals surface area contributed by atoms with Crippen LogP contribution in [0.4, 0.5) is 0 Å². The van der Waals surface area contributed by atoms with Gasteiger partial charge in [0, 0.05) is 18.3 Å². The van der Waals surface area contributed by atoms with E-state index >= 15 is 0 Å². The molecule has 2 rings (SSSR count). The van der Waals surface area contributed by atoms with Crippen LogP contribution < -0.4 is 5.14 Å². The number of pyridine rings is 1. The van der Waals surface area contributed by atoms with Crippen LogP contribution in [0.15, 0.2) is 29.6 Å². The van der Waals surface area contributed by atoms with Crippen molar-refractivity contribution in [2.75, 3.05) is 0 Å². The van der Waals surface area contributed by atoms with Crippen molar-refractivity contribution in [3.8, 4) is 11.3 Å². The van der Waals surface area contributed by atoms with Crippen LogP contribution in [0.2, 0.25) is 0 Å². The van der Waals surface area contributed by atoms with Gasteiger partial charge in [-0.15, -0.1) is 5.10 Å². The van der Waals surface area contributed by atoms with Crippen molar-refractivity contribution in [2.45, 2.75) is 18.5 Å². The first-order valence-corrected chi connectivity index (χ1v) is 6.44. The Balaban J connectivity index is 2.35. The van der Waals surface area contributed by atoms with E-state index in [1.54, 1.807) is 16.9 Å². The number of nitrogens with two attached hydrogens (primary N) is 1. The van der Waals surface area contributed by atoms with E-state index in [-0.39, 0.29) is 5.03 Å². The molecule has 0 saturated heterocycles. The van der Waals surface area contributed by atoms with E-state index in [9.17, 15) is 8.42 Å². The third kappa shape index (κ3) is 2.48. The Morgan fingerprint density at radius 1 is 1.41 bits per heavy atom. The van der Waals surface area contributed by atoms with Crippen LogP contribution in [0.25, 0.3) is 11.3 Å². The van der Waals surface area contributed by atoms with Gasteiger partial charge in [0.2, 0.25) is 0 Å². The molecule has 7 nitrogen and oxygen atoms in total. The van der Waals surface area contributed by atoms with E-state index in [1.165, 1.54) is 12.3 Å². The van der Waals surface area contributed by atoms with Crippen molar-refractivity contribution < 1.29 is 8.42 Å². The SMILES string of the molecule is CCn1cc(-c2ccc(S(N)(=O)=O)nc2)nn1. The van der Waals surface area contributed by atoms with Gasteiger partial charge in [-0.25, -0.2) is 18.5 Å². The fourth-order valence-electron chi connectivity index (χ4n) is 1.29. The zero-order valence-corrected chi connectivity index (χ0v) is 9.92. The summed E-state index contributed by atoms with van der Waals surface area (Å²) < 4.78 is 23.7. The predicted octanol–water partition coefficient (Wildman–Crippen LogP) is 0.00740. The van der Waals surface area contributed by atoms with Gasteiger partial charge in [0.15, 0.2) is 5.03 Å². The quantitative estimate of drug-likeness (QED) is 0.829. The molecule has 0 aliphatic carbocycles. The summed E-state index contributed by atoms with van der Waals surface area (Å²) in [6.07, 6.45) is 3.16. The Labute approximate surface area is 98.3 Å². The summed E-state index contributed by atoms with van der Waals surface area (Å²) >= 11 is 0. The maximum atomic E-state index is 11.0. The van der Waals surface area contributed by atoms with Gasteiger partial charge >= 0.3 is 0 Å². The first-order chi connectivity index (χ1) is 8.00. The lowest BCUT2D eigenvalue weighted by Gasteiger charge is -1.98. The summed E-state index contributed by atoms with van der Waals surface area (Å²) in [5.74, 6) is 0. The summed E-state index contributed by atoms with van der Waals surface area (Å²) in [5.41, 5.74) is 1.33. The van der Waals surface area contributed by atoms with Gasteiger partial charge in [0.05, 0.1) is 6.20 Å². The Bertz CT molecular complexity index is 617. The molecule has 0 saturated carbocycles. The van der Waals surface area contributed by atoms with Crippen LogP contribution in [-0.4, -0.2) is 28.4 Å². The number of hydrogen-bond acceptors (Lipinski definition) is 5. The van der Waals surface area contributed by atoms with Gasteiger partial charge in [-0.05, 0) is 19.1 Å². The number of rotatable bonds is 3. The standard InChI is InChI=1S/C9H11N5O2S/c1-2-14-6-8(12-13-14)7-3-4-9(11-5-7)17(10,15)16/h3-6H,2H2,1H3,(H2,10,15,16). The molecule has 90 valence electrons. The molecular weight excluding hydrogens is 242 g/mol. The largest absolute Gasteiger partial charge is 0.255 e. The molecule has 0 bridgehead atoms. The summed E-state index contributed by atoms with van der Waals surface area (Å²) in [6, 6.07) is 2.94. The highest BCUT2D eigenvalue weighted by Crippen LogP contribution is 2.15. The predicted molar refractivity (Wildman–Crippen MR) is 60.3 cm³/mol. The lowest BCUT2D eigenvalue weighted by Crippen LogP contribution is -2.13. The molecule has 0 unspecified atom stereocenters. The van der Waals surface area contributed by atoms with Crippen molar-refractivity contribution >= 4 is 10.0 Å². The lowest BCUT2D eigenvalue weighted by molar-refractivity contribution is 0.594. The van der Waals surface area contributed by atoms with Crippen molar-refractivity contribution in [3.05, 3.63) is 24.5 Å². The zero-order valence-electron chi connectivity index (χ0n) is 9.11. The Kier molecular flexibility index (Phi) is 2.90. The minimum absolute atomic E-state index is 0.163. The minimum atomic E-state index is -3.75. The van der Waals surface area contributed by atoms with E-state index in [1.807, 2.05) is 6.92 Å². The van der Waals surface area contributed by atoms with Crippen molar-refractivity contribution in [1.29, 1.82) is 0 Å². The number of hydrogen-bond donors (Lipinski definition) is 1. The van der Waals surface area contributed by atoms with Crippen LogP contribution in [-0.2, 0) is 16.6 Å². The van der Waals surface area contributed by atoms with E-state index < -0.39 is 10.0 Å². The maximum absolute atomic E-state index is 11.0. The Hall–Kier alpha value is -1.80. The topological polar surface area (TPSA) is 104 Å². The molecule has 17 heavy (non-hydrogen) atoms. The molecule has 0 aliphatic rings. The highest BCUT2D eigenvalue weighted by atomic mass is 32.2. The molecular formula is C9H11N5O2S. The third-order valence-electron chi connectivity index (χ3n) is 2.19. The normalized spacial score (nSPS) is 11.6. The monoisotopic (exact) mass is 253 g/mol. The molecule has 2 aromatic rings.